The van der Waals surface area contributed by atoms with Crippen LogP contribution in [-0.2, 0) is 11.3 Å². The number of likely N-dealkylation sites (N-methyl/N-ethyl adjacent to an activating group) is 1. The molecule has 0 saturated carbocycles. The van der Waals surface area contributed by atoms with Crippen LogP contribution in [-0.4, -0.2) is 66.0 Å². The Balaban J connectivity index is 1.35. The van der Waals surface area contributed by atoms with E-state index in [0.717, 1.165) is 49.8 Å². The van der Waals surface area contributed by atoms with Crippen molar-refractivity contribution in [3.05, 3.63) is 17.3 Å². The Morgan fingerprint density at radius 2 is 1.96 bits per heavy atom. The first-order chi connectivity index (χ1) is 12.4. The van der Waals surface area contributed by atoms with Crippen molar-refractivity contribution >= 4 is 11.9 Å². The molecule has 0 aromatic carbocycles. The summed E-state index contributed by atoms with van der Waals surface area (Å²) in [6.45, 7) is 7.93. The lowest BCUT2D eigenvalue weighted by Crippen LogP contribution is -2.47. The molecule has 0 bridgehead atoms. The zero-order valence-corrected chi connectivity index (χ0v) is 15.9. The number of nitrogens with zero attached hydrogens (tertiary/aromatic N) is 3. The number of carbonyl (C=O) groups excluding carboxylic acids is 2. The third kappa shape index (κ3) is 4.55. The van der Waals surface area contributed by atoms with E-state index in [-0.39, 0.29) is 18.0 Å². The SMILES string of the molecule is Cc1nc(CN2CCC(CNC(=O)NC3CCN(C)C3=O)CC2)oc1C. The van der Waals surface area contributed by atoms with E-state index in [0.29, 0.717) is 25.4 Å². The highest BCUT2D eigenvalue weighted by molar-refractivity contribution is 5.88. The Morgan fingerprint density at radius 1 is 1.23 bits per heavy atom. The van der Waals surface area contributed by atoms with Gasteiger partial charge in [-0.25, -0.2) is 9.78 Å². The molecule has 1 aromatic rings. The molecule has 3 heterocycles. The number of urea groups is 1. The Morgan fingerprint density at radius 3 is 2.54 bits per heavy atom. The highest BCUT2D eigenvalue weighted by Crippen LogP contribution is 2.19. The number of piperidine rings is 1. The van der Waals surface area contributed by atoms with Crippen molar-refractivity contribution in [3.8, 4) is 0 Å². The van der Waals surface area contributed by atoms with E-state index in [9.17, 15) is 9.59 Å². The minimum Gasteiger partial charge on any atom is -0.444 e. The van der Waals surface area contributed by atoms with Crippen LogP contribution >= 0.6 is 0 Å². The summed E-state index contributed by atoms with van der Waals surface area (Å²) in [7, 11) is 1.76. The van der Waals surface area contributed by atoms with Crippen LogP contribution in [0.5, 0.6) is 0 Å². The number of carbonyl (C=O) groups is 2. The van der Waals surface area contributed by atoms with Crippen molar-refractivity contribution in [2.24, 2.45) is 5.92 Å². The molecule has 3 rings (SSSR count). The molecule has 144 valence electrons. The molecule has 0 spiro atoms. The van der Waals surface area contributed by atoms with E-state index in [1.807, 2.05) is 13.8 Å². The fourth-order valence-electron chi connectivity index (χ4n) is 3.55. The van der Waals surface area contributed by atoms with Crippen molar-refractivity contribution in [2.75, 3.05) is 33.2 Å². The summed E-state index contributed by atoms with van der Waals surface area (Å²) in [6, 6.07) is -0.624. The average molecular weight is 363 g/mol. The number of aryl methyl sites for hydroxylation is 2. The summed E-state index contributed by atoms with van der Waals surface area (Å²) in [5.41, 5.74) is 0.956. The van der Waals surface area contributed by atoms with Crippen molar-refractivity contribution in [1.82, 2.24) is 25.4 Å². The van der Waals surface area contributed by atoms with Gasteiger partial charge in [0.1, 0.15) is 11.8 Å². The van der Waals surface area contributed by atoms with Crippen molar-refractivity contribution < 1.29 is 14.0 Å². The van der Waals surface area contributed by atoms with Gasteiger partial charge in [0.15, 0.2) is 0 Å². The minimum absolute atomic E-state index is 0.00883. The zero-order valence-electron chi connectivity index (χ0n) is 15.9. The number of likely N-dealkylation sites (tertiary alicyclic amines) is 2. The molecular formula is C18H29N5O3. The second kappa shape index (κ2) is 8.07. The third-order valence-corrected chi connectivity index (χ3v) is 5.42. The van der Waals surface area contributed by atoms with Crippen LogP contribution in [0.4, 0.5) is 4.79 Å². The number of nitrogens with one attached hydrogen (secondary N) is 2. The summed E-state index contributed by atoms with van der Waals surface area (Å²) in [4.78, 5) is 32.3. The summed E-state index contributed by atoms with van der Waals surface area (Å²) in [5.74, 6) is 2.12. The molecule has 3 amide bonds. The molecule has 2 N–H and O–H groups in total. The van der Waals surface area contributed by atoms with Gasteiger partial charge in [-0.15, -0.1) is 0 Å². The predicted octanol–water partition coefficient (Wildman–Crippen LogP) is 1.03. The normalized spacial score (nSPS) is 22.0. The Kier molecular flexibility index (Phi) is 5.80. The first-order valence-corrected chi connectivity index (χ1v) is 9.37. The number of amides is 3. The maximum Gasteiger partial charge on any atom is 0.315 e. The highest BCUT2D eigenvalue weighted by Gasteiger charge is 2.30. The Hall–Kier alpha value is -2.09. The van der Waals surface area contributed by atoms with Gasteiger partial charge in [0, 0.05) is 20.1 Å². The van der Waals surface area contributed by atoms with Crippen LogP contribution in [0.25, 0.3) is 0 Å². The standard InChI is InChI=1S/C18H29N5O3/c1-12-13(2)26-16(20-12)11-23-8-4-14(5-9-23)10-19-18(25)21-15-6-7-22(3)17(15)24/h14-15H,4-11H2,1-3H3,(H2,19,21,25). The van der Waals surface area contributed by atoms with Crippen molar-refractivity contribution in [2.45, 2.75) is 45.7 Å². The topological polar surface area (TPSA) is 90.7 Å². The Labute approximate surface area is 154 Å². The summed E-state index contributed by atoms with van der Waals surface area (Å²) in [5, 5.41) is 5.70. The third-order valence-electron chi connectivity index (χ3n) is 5.42. The smallest absolute Gasteiger partial charge is 0.315 e. The first kappa shape index (κ1) is 18.7. The molecular weight excluding hydrogens is 334 g/mol. The highest BCUT2D eigenvalue weighted by atomic mass is 16.4. The molecule has 2 fully saturated rings. The van der Waals surface area contributed by atoms with Gasteiger partial charge in [0.05, 0.1) is 12.2 Å². The number of aromatic nitrogens is 1. The minimum atomic E-state index is -0.380. The van der Waals surface area contributed by atoms with Gasteiger partial charge >= 0.3 is 6.03 Å². The monoisotopic (exact) mass is 363 g/mol. The van der Waals surface area contributed by atoms with Gasteiger partial charge < -0.3 is 20.0 Å². The second-order valence-corrected chi connectivity index (χ2v) is 7.42. The average Bonchev–Trinajstić information content (AvgIpc) is 3.10. The van der Waals surface area contributed by atoms with Gasteiger partial charge in [-0.05, 0) is 52.1 Å². The van der Waals surface area contributed by atoms with Gasteiger partial charge in [0.2, 0.25) is 11.8 Å². The Bertz CT molecular complexity index is 632. The number of oxazole rings is 1. The molecule has 26 heavy (non-hydrogen) atoms. The van der Waals surface area contributed by atoms with Gasteiger partial charge in [-0.3, -0.25) is 9.69 Å². The molecule has 8 heteroatoms. The molecule has 1 atom stereocenters. The lowest BCUT2D eigenvalue weighted by Gasteiger charge is -2.31. The van der Waals surface area contributed by atoms with Gasteiger partial charge in [-0.2, -0.15) is 0 Å². The summed E-state index contributed by atoms with van der Waals surface area (Å²) < 4.78 is 5.65. The summed E-state index contributed by atoms with van der Waals surface area (Å²) in [6.07, 6.45) is 2.75. The van der Waals surface area contributed by atoms with Crippen LogP contribution in [0, 0.1) is 19.8 Å². The number of hydrogen-bond acceptors (Lipinski definition) is 5. The molecule has 1 aromatic heterocycles. The van der Waals surface area contributed by atoms with E-state index in [1.54, 1.807) is 11.9 Å². The van der Waals surface area contributed by atoms with Crippen LogP contribution in [0.3, 0.4) is 0 Å². The number of hydrogen-bond donors (Lipinski definition) is 2. The van der Waals surface area contributed by atoms with E-state index in [4.69, 9.17) is 4.42 Å². The van der Waals surface area contributed by atoms with Crippen LogP contribution in [0.2, 0.25) is 0 Å². The zero-order chi connectivity index (χ0) is 18.7. The van der Waals surface area contributed by atoms with Crippen LogP contribution < -0.4 is 10.6 Å². The van der Waals surface area contributed by atoms with E-state index >= 15 is 0 Å². The van der Waals surface area contributed by atoms with E-state index in [2.05, 4.69) is 20.5 Å². The number of rotatable bonds is 5. The van der Waals surface area contributed by atoms with Crippen LogP contribution in [0.15, 0.2) is 4.42 Å². The lowest BCUT2D eigenvalue weighted by atomic mass is 9.97. The van der Waals surface area contributed by atoms with Crippen LogP contribution in [0.1, 0.15) is 36.6 Å². The van der Waals surface area contributed by atoms with Gasteiger partial charge in [-0.1, -0.05) is 0 Å². The predicted molar refractivity (Wildman–Crippen MR) is 96.6 cm³/mol. The van der Waals surface area contributed by atoms with E-state index < -0.39 is 0 Å². The maximum atomic E-state index is 12.0. The molecule has 2 saturated heterocycles. The molecule has 2 aliphatic rings. The fourth-order valence-corrected chi connectivity index (χ4v) is 3.55. The molecule has 8 nitrogen and oxygen atoms in total. The summed E-state index contributed by atoms with van der Waals surface area (Å²) >= 11 is 0. The first-order valence-electron chi connectivity index (χ1n) is 9.37. The molecule has 0 radical (unpaired) electrons. The largest absolute Gasteiger partial charge is 0.444 e. The molecule has 1 unspecified atom stereocenters. The van der Waals surface area contributed by atoms with Gasteiger partial charge in [0.25, 0.3) is 0 Å². The maximum absolute atomic E-state index is 12.0. The quantitative estimate of drug-likeness (QED) is 0.815. The fraction of sp³-hybridized carbons (Fsp3) is 0.722. The second-order valence-electron chi connectivity index (χ2n) is 7.42. The van der Waals surface area contributed by atoms with E-state index in [1.165, 1.54) is 0 Å². The molecule has 0 aliphatic carbocycles. The molecule has 2 aliphatic heterocycles. The van der Waals surface area contributed by atoms with Crippen molar-refractivity contribution in [3.63, 3.8) is 0 Å². The lowest BCUT2D eigenvalue weighted by molar-refractivity contribution is -0.128. The van der Waals surface area contributed by atoms with Crippen molar-refractivity contribution in [1.29, 1.82) is 0 Å².